The Morgan fingerprint density at radius 3 is 2.15 bits per heavy atom. The summed E-state index contributed by atoms with van der Waals surface area (Å²) >= 11 is 3.67. The molecule has 0 unspecified atom stereocenters. The zero-order valence-electron chi connectivity index (χ0n) is 18.1. The number of halogens is 1. The molecule has 0 fully saturated rings. The number of benzene rings is 5. The number of hydrogen-bond donors (Lipinski definition) is 0. The van der Waals surface area contributed by atoms with Crippen LogP contribution in [0.1, 0.15) is 0 Å². The summed E-state index contributed by atoms with van der Waals surface area (Å²) in [5.74, 6) is 0.673. The molecule has 0 spiro atoms. The van der Waals surface area contributed by atoms with Crippen LogP contribution in [0.2, 0.25) is 0 Å². The van der Waals surface area contributed by atoms with E-state index in [0.29, 0.717) is 5.95 Å². The van der Waals surface area contributed by atoms with Gasteiger partial charge < -0.3 is 0 Å². The minimum absolute atomic E-state index is 0.673. The van der Waals surface area contributed by atoms with Crippen molar-refractivity contribution < 1.29 is 0 Å². The Balaban J connectivity index is 1.67. The van der Waals surface area contributed by atoms with Crippen molar-refractivity contribution >= 4 is 59.4 Å². The van der Waals surface area contributed by atoms with Crippen molar-refractivity contribution in [3.05, 3.63) is 114 Å². The molecule has 0 aliphatic rings. The molecule has 0 bridgehead atoms. The summed E-state index contributed by atoms with van der Waals surface area (Å²) in [6.07, 6.45) is 0. The van der Waals surface area contributed by atoms with Crippen LogP contribution in [0.3, 0.4) is 0 Å². The molecule has 160 valence electrons. The van der Waals surface area contributed by atoms with Crippen molar-refractivity contribution in [2.45, 2.75) is 0 Å². The first kappa shape index (κ1) is 19.4. The van der Waals surface area contributed by atoms with Gasteiger partial charge in [-0.25, -0.2) is 9.97 Å². The van der Waals surface area contributed by atoms with Crippen molar-refractivity contribution in [3.8, 4) is 17.2 Å². The van der Waals surface area contributed by atoms with Gasteiger partial charge in [0.05, 0.1) is 22.2 Å². The van der Waals surface area contributed by atoms with Crippen LogP contribution in [-0.4, -0.2) is 14.5 Å². The topological polar surface area (TPSA) is 30.7 Å². The molecule has 5 aromatic carbocycles. The second-order valence-electron chi connectivity index (χ2n) is 8.44. The molecule has 0 saturated heterocycles. The maximum atomic E-state index is 5.20. The van der Waals surface area contributed by atoms with Gasteiger partial charge in [-0.2, -0.15) is 0 Å². The van der Waals surface area contributed by atoms with E-state index in [1.807, 2.05) is 6.07 Å². The van der Waals surface area contributed by atoms with Gasteiger partial charge in [0.25, 0.3) is 0 Å². The van der Waals surface area contributed by atoms with E-state index in [1.165, 1.54) is 16.2 Å². The molecule has 0 radical (unpaired) electrons. The summed E-state index contributed by atoms with van der Waals surface area (Å²) in [5, 5.41) is 5.72. The third kappa shape index (κ3) is 2.89. The summed E-state index contributed by atoms with van der Waals surface area (Å²) in [5.41, 5.74) is 5.15. The monoisotopic (exact) mass is 499 g/mol. The highest BCUT2D eigenvalue weighted by Gasteiger charge is 2.18. The third-order valence-corrected chi connectivity index (χ3v) is 6.96. The molecule has 0 aliphatic carbocycles. The fourth-order valence-corrected chi connectivity index (χ4v) is 5.28. The first-order valence-corrected chi connectivity index (χ1v) is 12.0. The van der Waals surface area contributed by atoms with Crippen LogP contribution in [-0.2, 0) is 0 Å². The number of nitrogens with zero attached hydrogens (tertiary/aromatic N) is 3. The summed E-state index contributed by atoms with van der Waals surface area (Å²) in [6.45, 7) is 0. The zero-order valence-corrected chi connectivity index (χ0v) is 19.7. The SMILES string of the molecule is Brc1ccc2c3ccccc3n(-c3nc(-c4ccccc4)c4ccc5ccccc5c4n3)c2c1. The van der Waals surface area contributed by atoms with E-state index in [9.17, 15) is 0 Å². The molecule has 0 atom stereocenters. The molecule has 0 saturated carbocycles. The Morgan fingerprint density at radius 1 is 0.559 bits per heavy atom. The molecular weight excluding hydrogens is 482 g/mol. The minimum Gasteiger partial charge on any atom is -0.278 e. The fraction of sp³-hybridized carbons (Fsp3) is 0. The number of rotatable bonds is 2. The summed E-state index contributed by atoms with van der Waals surface area (Å²) in [6, 6.07) is 38.0. The van der Waals surface area contributed by atoms with Gasteiger partial charge in [-0.1, -0.05) is 101 Å². The smallest absolute Gasteiger partial charge is 0.235 e. The van der Waals surface area contributed by atoms with Gasteiger partial charge in [0, 0.05) is 31.6 Å². The molecule has 0 amide bonds. The Hall–Kier alpha value is -4.02. The van der Waals surface area contributed by atoms with Crippen LogP contribution in [0.4, 0.5) is 0 Å². The van der Waals surface area contributed by atoms with Crippen molar-refractivity contribution in [1.82, 2.24) is 14.5 Å². The molecule has 0 N–H and O–H groups in total. The second-order valence-corrected chi connectivity index (χ2v) is 9.35. The lowest BCUT2D eigenvalue weighted by Crippen LogP contribution is -2.03. The standard InChI is InChI=1S/C30H18BrN3/c31-21-15-17-24-23-12-6-7-13-26(23)34(27(24)18-21)30-32-28(20-9-2-1-3-10-20)25-16-14-19-8-4-5-11-22(19)29(25)33-30/h1-18H. The maximum Gasteiger partial charge on any atom is 0.235 e. The largest absolute Gasteiger partial charge is 0.278 e. The summed E-state index contributed by atoms with van der Waals surface area (Å²) in [4.78, 5) is 10.4. The Labute approximate surface area is 204 Å². The number of fused-ring (bicyclic) bond motifs is 6. The van der Waals surface area contributed by atoms with Gasteiger partial charge in [0.15, 0.2) is 0 Å². The lowest BCUT2D eigenvalue weighted by molar-refractivity contribution is 1.01. The molecule has 0 aliphatic heterocycles. The molecule has 4 heteroatoms. The van der Waals surface area contributed by atoms with Crippen molar-refractivity contribution in [1.29, 1.82) is 0 Å². The van der Waals surface area contributed by atoms with Crippen molar-refractivity contribution in [2.24, 2.45) is 0 Å². The highest BCUT2D eigenvalue weighted by atomic mass is 79.9. The quantitative estimate of drug-likeness (QED) is 0.224. The zero-order chi connectivity index (χ0) is 22.6. The van der Waals surface area contributed by atoms with E-state index in [0.717, 1.165) is 43.1 Å². The van der Waals surface area contributed by atoms with E-state index in [-0.39, 0.29) is 0 Å². The van der Waals surface area contributed by atoms with E-state index < -0.39 is 0 Å². The van der Waals surface area contributed by atoms with Crippen LogP contribution in [0.5, 0.6) is 0 Å². The van der Waals surface area contributed by atoms with E-state index in [4.69, 9.17) is 9.97 Å². The predicted octanol–water partition coefficient (Wildman–Crippen LogP) is 8.31. The normalized spacial score (nSPS) is 11.7. The van der Waals surface area contributed by atoms with Gasteiger partial charge in [0.1, 0.15) is 0 Å². The average molecular weight is 500 g/mol. The van der Waals surface area contributed by atoms with Gasteiger partial charge in [-0.3, -0.25) is 4.57 Å². The first-order valence-electron chi connectivity index (χ1n) is 11.2. The minimum atomic E-state index is 0.673. The number of aromatic nitrogens is 3. The van der Waals surface area contributed by atoms with Crippen molar-refractivity contribution in [3.63, 3.8) is 0 Å². The van der Waals surface area contributed by atoms with Gasteiger partial charge >= 0.3 is 0 Å². The summed E-state index contributed by atoms with van der Waals surface area (Å²) < 4.78 is 3.21. The molecule has 7 aromatic rings. The van der Waals surface area contributed by atoms with Crippen LogP contribution in [0.25, 0.3) is 60.7 Å². The molecule has 34 heavy (non-hydrogen) atoms. The molecule has 2 heterocycles. The van der Waals surface area contributed by atoms with Gasteiger partial charge in [-0.05, 0) is 29.7 Å². The van der Waals surface area contributed by atoms with E-state index >= 15 is 0 Å². The number of hydrogen-bond acceptors (Lipinski definition) is 2. The van der Waals surface area contributed by atoms with E-state index in [2.05, 4.69) is 124 Å². The molecule has 7 rings (SSSR count). The third-order valence-electron chi connectivity index (χ3n) is 6.46. The number of para-hydroxylation sites is 1. The van der Waals surface area contributed by atoms with Crippen LogP contribution in [0, 0.1) is 0 Å². The Bertz CT molecular complexity index is 1870. The van der Waals surface area contributed by atoms with Crippen molar-refractivity contribution in [2.75, 3.05) is 0 Å². The Morgan fingerprint density at radius 2 is 1.26 bits per heavy atom. The maximum absolute atomic E-state index is 5.20. The first-order chi connectivity index (χ1) is 16.8. The highest BCUT2D eigenvalue weighted by molar-refractivity contribution is 9.10. The second kappa shape index (κ2) is 7.51. The molecule has 3 nitrogen and oxygen atoms in total. The highest BCUT2D eigenvalue weighted by Crippen LogP contribution is 2.36. The Kier molecular flexibility index (Phi) is 4.29. The fourth-order valence-electron chi connectivity index (χ4n) is 4.93. The van der Waals surface area contributed by atoms with Crippen LogP contribution >= 0.6 is 15.9 Å². The predicted molar refractivity (Wildman–Crippen MR) is 145 cm³/mol. The van der Waals surface area contributed by atoms with Crippen LogP contribution < -0.4 is 0 Å². The molecular formula is C30H18BrN3. The van der Waals surface area contributed by atoms with E-state index in [1.54, 1.807) is 0 Å². The summed E-state index contributed by atoms with van der Waals surface area (Å²) in [7, 11) is 0. The van der Waals surface area contributed by atoms with Crippen LogP contribution in [0.15, 0.2) is 114 Å². The lowest BCUT2D eigenvalue weighted by Gasteiger charge is -2.13. The van der Waals surface area contributed by atoms with Gasteiger partial charge in [-0.15, -0.1) is 0 Å². The molecule has 2 aromatic heterocycles. The lowest BCUT2D eigenvalue weighted by atomic mass is 10.0. The average Bonchev–Trinajstić information content (AvgIpc) is 3.21. The van der Waals surface area contributed by atoms with Gasteiger partial charge in [0.2, 0.25) is 5.95 Å².